The van der Waals surface area contributed by atoms with Gasteiger partial charge in [0.1, 0.15) is 0 Å². The fourth-order valence-corrected chi connectivity index (χ4v) is 6.68. The summed E-state index contributed by atoms with van der Waals surface area (Å²) in [7, 11) is 0. The first kappa shape index (κ1) is 23.5. The molecule has 0 aromatic heterocycles. The van der Waals surface area contributed by atoms with Crippen LogP contribution in [0.5, 0.6) is 0 Å². The van der Waals surface area contributed by atoms with Crippen LogP contribution >= 0.6 is 0 Å². The van der Waals surface area contributed by atoms with E-state index in [0.717, 1.165) is 25.7 Å². The molecule has 6 fully saturated rings. The predicted octanol–water partition coefficient (Wildman–Crippen LogP) is 2.50. The molecule has 0 aromatic carbocycles. The number of fused-ring (bicyclic) bond motifs is 2. The van der Waals surface area contributed by atoms with Crippen molar-refractivity contribution in [2.45, 2.75) is 102 Å². The summed E-state index contributed by atoms with van der Waals surface area (Å²) < 4.78 is 18.3. The number of nitrogens with zero attached hydrogens (tertiary/aromatic N) is 1. The van der Waals surface area contributed by atoms with Gasteiger partial charge < -0.3 is 24.2 Å². The smallest absolute Gasteiger partial charge is 0.308 e. The summed E-state index contributed by atoms with van der Waals surface area (Å²) in [6.07, 6.45) is 3.19. The minimum absolute atomic E-state index is 0.00276. The molecule has 186 valence electrons. The molecule has 0 aromatic rings. The summed E-state index contributed by atoms with van der Waals surface area (Å²) >= 11 is 0. The number of hydrogen-bond donors (Lipinski definition) is 1. The van der Waals surface area contributed by atoms with E-state index in [-0.39, 0.29) is 42.6 Å². The van der Waals surface area contributed by atoms with Crippen molar-refractivity contribution in [2.75, 3.05) is 13.1 Å². The van der Waals surface area contributed by atoms with Gasteiger partial charge in [-0.3, -0.25) is 9.59 Å². The van der Waals surface area contributed by atoms with E-state index in [1.807, 2.05) is 13.8 Å². The van der Waals surface area contributed by atoms with Crippen molar-refractivity contribution in [2.24, 2.45) is 23.7 Å². The molecule has 1 spiro atoms. The first-order chi connectivity index (χ1) is 15.7. The third-order valence-corrected chi connectivity index (χ3v) is 8.70. The SMILES string of the molecule is C[C@H]1[C@H](OC(=O)CCC(=O)N2CCC(O)CC2)O[C@@H]2O[C@@]3(C)CC[C@@H]4[C@H](C)CC[C@H]1[C@@]24OO3. The van der Waals surface area contributed by atoms with Gasteiger partial charge in [-0.25, -0.2) is 9.78 Å². The number of likely N-dealkylation sites (tertiary alicyclic amines) is 1. The van der Waals surface area contributed by atoms with Gasteiger partial charge >= 0.3 is 5.97 Å². The van der Waals surface area contributed by atoms with Gasteiger partial charge in [-0.15, -0.1) is 0 Å². The second-order valence-electron chi connectivity index (χ2n) is 10.9. The number of aliphatic hydroxyl groups is 1. The highest BCUT2D eigenvalue weighted by molar-refractivity contribution is 5.81. The van der Waals surface area contributed by atoms with Crippen molar-refractivity contribution >= 4 is 11.9 Å². The third kappa shape index (κ3) is 4.10. The van der Waals surface area contributed by atoms with Gasteiger partial charge in [-0.1, -0.05) is 13.8 Å². The van der Waals surface area contributed by atoms with Gasteiger partial charge in [0.05, 0.1) is 12.5 Å². The summed E-state index contributed by atoms with van der Waals surface area (Å²) in [5.74, 6) is -0.688. The molecular weight excluding hydrogens is 430 g/mol. The van der Waals surface area contributed by atoms with Crippen LogP contribution in [-0.2, 0) is 33.6 Å². The molecule has 8 atom stereocenters. The summed E-state index contributed by atoms with van der Waals surface area (Å²) in [6.45, 7) is 7.22. The molecule has 2 bridgehead atoms. The molecule has 9 heteroatoms. The minimum Gasteiger partial charge on any atom is -0.435 e. The lowest BCUT2D eigenvalue weighted by Gasteiger charge is -2.59. The van der Waals surface area contributed by atoms with Crippen LogP contribution < -0.4 is 0 Å². The molecule has 1 N–H and O–H groups in total. The number of esters is 1. The van der Waals surface area contributed by atoms with E-state index in [1.165, 1.54) is 0 Å². The van der Waals surface area contributed by atoms with E-state index in [9.17, 15) is 14.7 Å². The second-order valence-corrected chi connectivity index (χ2v) is 10.9. The normalized spacial score (nSPS) is 45.3. The van der Waals surface area contributed by atoms with E-state index in [4.69, 9.17) is 24.0 Å². The number of rotatable bonds is 4. The van der Waals surface area contributed by atoms with E-state index < -0.39 is 29.9 Å². The quantitative estimate of drug-likeness (QED) is 0.497. The molecule has 5 saturated heterocycles. The maximum Gasteiger partial charge on any atom is 0.308 e. The van der Waals surface area contributed by atoms with Gasteiger partial charge in [-0.05, 0) is 50.9 Å². The zero-order valence-electron chi connectivity index (χ0n) is 19.9. The Kier molecular flexibility index (Phi) is 6.23. The minimum atomic E-state index is -0.874. The Hall–Kier alpha value is -1.26. The molecule has 9 nitrogen and oxygen atoms in total. The van der Waals surface area contributed by atoms with Gasteiger partial charge in [0.25, 0.3) is 0 Å². The molecular formula is C24H37NO8. The zero-order valence-corrected chi connectivity index (χ0v) is 19.9. The number of carbonyl (C=O) groups is 2. The highest BCUT2D eigenvalue weighted by atomic mass is 17.3. The molecule has 6 rings (SSSR count). The maximum atomic E-state index is 12.7. The van der Waals surface area contributed by atoms with Crippen LogP contribution in [0.25, 0.3) is 0 Å². The van der Waals surface area contributed by atoms with Gasteiger partial charge in [0, 0.05) is 37.8 Å². The molecule has 0 unspecified atom stereocenters. The van der Waals surface area contributed by atoms with Crippen LogP contribution in [0.4, 0.5) is 0 Å². The van der Waals surface area contributed by atoms with Crippen LogP contribution in [0.3, 0.4) is 0 Å². The van der Waals surface area contributed by atoms with Crippen molar-refractivity contribution in [3.63, 3.8) is 0 Å². The number of hydrogen-bond acceptors (Lipinski definition) is 8. The van der Waals surface area contributed by atoms with Crippen molar-refractivity contribution in [3.8, 4) is 0 Å². The van der Waals surface area contributed by atoms with Crippen LogP contribution in [0.15, 0.2) is 0 Å². The molecule has 0 radical (unpaired) electrons. The topological polar surface area (TPSA) is 104 Å². The van der Waals surface area contributed by atoms with E-state index >= 15 is 0 Å². The van der Waals surface area contributed by atoms with Crippen molar-refractivity contribution in [1.82, 2.24) is 4.90 Å². The highest BCUT2D eigenvalue weighted by Gasteiger charge is 2.69. The number of carbonyl (C=O) groups excluding carboxylic acids is 2. The van der Waals surface area contributed by atoms with Crippen molar-refractivity contribution < 1.29 is 38.7 Å². The Labute approximate surface area is 194 Å². The average Bonchev–Trinajstić information content (AvgIpc) is 3.02. The molecule has 1 amide bonds. The zero-order chi connectivity index (χ0) is 23.4. The Morgan fingerprint density at radius 2 is 1.79 bits per heavy atom. The lowest BCUT2D eigenvalue weighted by atomic mass is 9.58. The Bertz CT molecular complexity index is 770. The Balaban J connectivity index is 1.24. The van der Waals surface area contributed by atoms with E-state index in [1.54, 1.807) is 4.90 Å². The monoisotopic (exact) mass is 467 g/mol. The largest absolute Gasteiger partial charge is 0.435 e. The number of piperidine rings is 1. The molecule has 33 heavy (non-hydrogen) atoms. The molecule has 5 heterocycles. The molecule has 1 aliphatic carbocycles. The Morgan fingerprint density at radius 3 is 2.55 bits per heavy atom. The average molecular weight is 468 g/mol. The maximum absolute atomic E-state index is 12.7. The lowest BCUT2D eigenvalue weighted by molar-refractivity contribution is -0.576. The number of ether oxygens (including phenoxy) is 3. The standard InChI is InChI=1S/C24H37NO8/c1-14-4-5-18-15(2)21(29-20(28)7-6-19(27)25-12-9-16(26)10-13-25)30-22-24(18)17(14)8-11-23(3,31-22)32-33-24/h14-18,21-22,26H,4-13H2,1-3H3/t14-,15-,17-,18-,21-,22-,23-,24-/m1/s1. The predicted molar refractivity (Wildman–Crippen MR) is 114 cm³/mol. The van der Waals surface area contributed by atoms with E-state index in [0.29, 0.717) is 31.8 Å². The lowest BCUT2D eigenvalue weighted by Crippen LogP contribution is -2.70. The van der Waals surface area contributed by atoms with E-state index in [2.05, 4.69) is 6.92 Å². The number of amides is 1. The second kappa shape index (κ2) is 8.75. The summed E-state index contributed by atoms with van der Waals surface area (Å²) in [5, 5.41) is 9.61. The van der Waals surface area contributed by atoms with Gasteiger partial charge in [-0.2, -0.15) is 0 Å². The Morgan fingerprint density at radius 1 is 1.03 bits per heavy atom. The van der Waals surface area contributed by atoms with Crippen LogP contribution in [0.2, 0.25) is 0 Å². The van der Waals surface area contributed by atoms with Gasteiger partial charge in [0.2, 0.25) is 18.0 Å². The first-order valence-electron chi connectivity index (χ1n) is 12.6. The van der Waals surface area contributed by atoms with Crippen LogP contribution in [-0.4, -0.2) is 65.0 Å². The molecule has 1 saturated carbocycles. The summed E-state index contributed by atoms with van der Waals surface area (Å²) in [5.41, 5.74) is -0.690. The highest BCUT2D eigenvalue weighted by Crippen LogP contribution is 2.60. The number of aliphatic hydroxyl groups excluding tert-OH is 1. The first-order valence-corrected chi connectivity index (χ1v) is 12.6. The molecule has 5 aliphatic heterocycles. The van der Waals surface area contributed by atoms with Crippen molar-refractivity contribution in [1.29, 1.82) is 0 Å². The fraction of sp³-hybridized carbons (Fsp3) is 0.917. The summed E-state index contributed by atoms with van der Waals surface area (Å²) in [4.78, 5) is 38.7. The third-order valence-electron chi connectivity index (χ3n) is 8.70. The van der Waals surface area contributed by atoms with Crippen molar-refractivity contribution in [3.05, 3.63) is 0 Å². The fourth-order valence-electron chi connectivity index (χ4n) is 6.68. The van der Waals surface area contributed by atoms with Crippen LogP contribution in [0.1, 0.15) is 72.1 Å². The van der Waals surface area contributed by atoms with Gasteiger partial charge in [0.15, 0.2) is 11.9 Å². The summed E-state index contributed by atoms with van der Waals surface area (Å²) in [6, 6.07) is 0. The molecule has 6 aliphatic rings. The van der Waals surface area contributed by atoms with Crippen LogP contribution in [0, 0.1) is 23.7 Å².